The maximum Gasteiger partial charge on any atom is 0.232 e. The van der Waals surface area contributed by atoms with Crippen LogP contribution < -0.4 is 4.90 Å². The minimum atomic E-state index is 0.656. The summed E-state index contributed by atoms with van der Waals surface area (Å²) in [6.07, 6.45) is 3.73. The van der Waals surface area contributed by atoms with Crippen LogP contribution in [-0.2, 0) is 0 Å². The van der Waals surface area contributed by atoms with Gasteiger partial charge in [0.15, 0.2) is 0 Å². The number of fused-ring (bicyclic) bond motifs is 1. The Kier molecular flexibility index (Phi) is 3.69. The van der Waals surface area contributed by atoms with E-state index in [1.165, 1.54) is 19.3 Å². The van der Waals surface area contributed by atoms with Gasteiger partial charge in [-0.05, 0) is 56.5 Å². The van der Waals surface area contributed by atoms with E-state index < -0.39 is 0 Å². The molecule has 2 aromatic heterocycles. The number of aromatic nitrogens is 2. The zero-order chi connectivity index (χ0) is 15.8. The van der Waals surface area contributed by atoms with Crippen LogP contribution in [0.25, 0.3) is 22.4 Å². The highest BCUT2D eigenvalue weighted by molar-refractivity contribution is 6.30. The SMILES string of the molecule is Cc1nc(N2CCCCC2)c2cc(-c3ccc(Cl)cc3)oc2n1. The molecule has 3 aromatic rings. The molecule has 4 rings (SSSR count). The fourth-order valence-corrected chi connectivity index (χ4v) is 3.24. The fraction of sp³-hybridized carbons (Fsp3) is 0.333. The molecule has 5 heteroatoms. The quantitative estimate of drug-likeness (QED) is 0.675. The van der Waals surface area contributed by atoms with Gasteiger partial charge in [0, 0.05) is 23.7 Å². The van der Waals surface area contributed by atoms with Gasteiger partial charge in [-0.25, -0.2) is 4.98 Å². The first-order chi connectivity index (χ1) is 11.2. The summed E-state index contributed by atoms with van der Waals surface area (Å²) in [5.41, 5.74) is 1.65. The number of piperidine rings is 1. The molecule has 0 spiro atoms. The van der Waals surface area contributed by atoms with Crippen molar-refractivity contribution in [3.8, 4) is 11.3 Å². The first kappa shape index (κ1) is 14.5. The Balaban J connectivity index is 1.82. The number of rotatable bonds is 2. The van der Waals surface area contributed by atoms with Crippen molar-refractivity contribution in [2.24, 2.45) is 0 Å². The van der Waals surface area contributed by atoms with E-state index in [0.717, 1.165) is 46.5 Å². The Hall–Kier alpha value is -2.07. The molecule has 4 nitrogen and oxygen atoms in total. The van der Waals surface area contributed by atoms with E-state index in [1.54, 1.807) is 0 Å². The lowest BCUT2D eigenvalue weighted by Gasteiger charge is -2.28. The van der Waals surface area contributed by atoms with Crippen molar-refractivity contribution in [2.45, 2.75) is 26.2 Å². The summed E-state index contributed by atoms with van der Waals surface area (Å²) in [7, 11) is 0. The second-order valence-corrected chi connectivity index (χ2v) is 6.41. The number of nitrogens with zero attached hydrogens (tertiary/aromatic N) is 3. The van der Waals surface area contributed by atoms with Gasteiger partial charge in [0.05, 0.1) is 5.39 Å². The molecule has 118 valence electrons. The Morgan fingerprint density at radius 2 is 1.78 bits per heavy atom. The van der Waals surface area contributed by atoms with Gasteiger partial charge in [-0.2, -0.15) is 4.98 Å². The van der Waals surface area contributed by atoms with Gasteiger partial charge in [-0.3, -0.25) is 0 Å². The van der Waals surface area contributed by atoms with Gasteiger partial charge in [-0.1, -0.05) is 11.6 Å². The van der Waals surface area contributed by atoms with Crippen LogP contribution in [0.5, 0.6) is 0 Å². The van der Waals surface area contributed by atoms with Gasteiger partial charge in [-0.15, -0.1) is 0 Å². The van der Waals surface area contributed by atoms with Gasteiger partial charge in [0.2, 0.25) is 5.71 Å². The van der Waals surface area contributed by atoms with Gasteiger partial charge in [0.25, 0.3) is 0 Å². The van der Waals surface area contributed by atoms with Crippen molar-refractivity contribution in [1.82, 2.24) is 9.97 Å². The van der Waals surface area contributed by atoms with Crippen molar-refractivity contribution < 1.29 is 4.42 Å². The number of benzene rings is 1. The maximum atomic E-state index is 5.99. The molecule has 23 heavy (non-hydrogen) atoms. The van der Waals surface area contributed by atoms with Crippen LogP contribution in [0.1, 0.15) is 25.1 Å². The third-order valence-corrected chi connectivity index (χ3v) is 4.52. The molecule has 0 aliphatic carbocycles. The summed E-state index contributed by atoms with van der Waals surface area (Å²) in [5.74, 6) is 2.54. The molecular formula is C18H18ClN3O. The maximum absolute atomic E-state index is 5.99. The van der Waals surface area contributed by atoms with E-state index >= 15 is 0 Å². The Morgan fingerprint density at radius 1 is 1.04 bits per heavy atom. The first-order valence-corrected chi connectivity index (χ1v) is 8.37. The second kappa shape index (κ2) is 5.85. The third-order valence-electron chi connectivity index (χ3n) is 4.27. The average Bonchev–Trinajstić information content (AvgIpc) is 2.99. The molecule has 0 radical (unpaired) electrons. The zero-order valence-corrected chi connectivity index (χ0v) is 13.8. The van der Waals surface area contributed by atoms with Crippen molar-refractivity contribution in [1.29, 1.82) is 0 Å². The molecule has 0 atom stereocenters. The molecule has 0 unspecified atom stereocenters. The Labute approximate surface area is 140 Å². The van der Waals surface area contributed by atoms with Gasteiger partial charge < -0.3 is 9.32 Å². The molecule has 0 N–H and O–H groups in total. The van der Waals surface area contributed by atoms with E-state index in [4.69, 9.17) is 16.0 Å². The number of aryl methyl sites for hydroxylation is 1. The summed E-state index contributed by atoms with van der Waals surface area (Å²) in [6.45, 7) is 4.01. The summed E-state index contributed by atoms with van der Waals surface area (Å²) in [5, 5.41) is 1.71. The molecule has 1 aliphatic rings. The Morgan fingerprint density at radius 3 is 2.52 bits per heavy atom. The molecule has 1 fully saturated rings. The molecule has 1 saturated heterocycles. The first-order valence-electron chi connectivity index (χ1n) is 8.00. The molecule has 0 amide bonds. The van der Waals surface area contributed by atoms with Gasteiger partial charge >= 0.3 is 0 Å². The van der Waals surface area contributed by atoms with Crippen molar-refractivity contribution >= 4 is 28.5 Å². The van der Waals surface area contributed by atoms with Crippen molar-refractivity contribution in [3.63, 3.8) is 0 Å². The monoisotopic (exact) mass is 327 g/mol. The lowest BCUT2D eigenvalue weighted by molar-refractivity contribution is 0.573. The number of halogens is 1. The van der Waals surface area contributed by atoms with Crippen LogP contribution in [0, 0.1) is 6.92 Å². The van der Waals surface area contributed by atoms with Crippen LogP contribution in [0.15, 0.2) is 34.7 Å². The zero-order valence-electron chi connectivity index (χ0n) is 13.1. The standard InChI is InChI=1S/C18H18ClN3O/c1-12-20-17(22-9-3-2-4-10-22)15-11-16(23-18(15)21-12)13-5-7-14(19)8-6-13/h5-8,11H,2-4,9-10H2,1H3. The normalized spacial score (nSPS) is 15.3. The summed E-state index contributed by atoms with van der Waals surface area (Å²) >= 11 is 5.97. The van der Waals surface area contributed by atoms with E-state index in [9.17, 15) is 0 Å². The predicted molar refractivity (Wildman–Crippen MR) is 93.1 cm³/mol. The van der Waals surface area contributed by atoms with Crippen LogP contribution in [0.2, 0.25) is 5.02 Å². The molecule has 1 aromatic carbocycles. The van der Waals surface area contributed by atoms with Crippen molar-refractivity contribution in [2.75, 3.05) is 18.0 Å². The van der Waals surface area contributed by atoms with Crippen LogP contribution in [0.3, 0.4) is 0 Å². The smallest absolute Gasteiger partial charge is 0.232 e. The fourth-order valence-electron chi connectivity index (χ4n) is 3.11. The average molecular weight is 328 g/mol. The minimum Gasteiger partial charge on any atom is -0.438 e. The number of hydrogen-bond acceptors (Lipinski definition) is 4. The summed E-state index contributed by atoms with van der Waals surface area (Å²) < 4.78 is 5.99. The summed E-state index contributed by atoms with van der Waals surface area (Å²) in [4.78, 5) is 11.5. The van der Waals surface area contributed by atoms with E-state index in [0.29, 0.717) is 5.71 Å². The summed E-state index contributed by atoms with van der Waals surface area (Å²) in [6, 6.07) is 9.70. The molecule has 1 aliphatic heterocycles. The van der Waals surface area contributed by atoms with E-state index in [-0.39, 0.29) is 0 Å². The topological polar surface area (TPSA) is 42.2 Å². The number of anilines is 1. The second-order valence-electron chi connectivity index (χ2n) is 5.98. The number of hydrogen-bond donors (Lipinski definition) is 0. The minimum absolute atomic E-state index is 0.656. The largest absolute Gasteiger partial charge is 0.438 e. The lowest BCUT2D eigenvalue weighted by Crippen LogP contribution is -2.30. The van der Waals surface area contributed by atoms with E-state index in [2.05, 4.69) is 14.9 Å². The highest BCUT2D eigenvalue weighted by Gasteiger charge is 2.19. The highest BCUT2D eigenvalue weighted by Crippen LogP contribution is 2.33. The Bertz CT molecular complexity index is 835. The van der Waals surface area contributed by atoms with Crippen LogP contribution in [-0.4, -0.2) is 23.1 Å². The van der Waals surface area contributed by atoms with Crippen LogP contribution >= 0.6 is 11.6 Å². The molecular weight excluding hydrogens is 310 g/mol. The predicted octanol–water partition coefficient (Wildman–Crippen LogP) is 4.84. The van der Waals surface area contributed by atoms with Gasteiger partial charge in [0.1, 0.15) is 17.4 Å². The number of furan rings is 1. The lowest BCUT2D eigenvalue weighted by atomic mass is 10.1. The molecule has 3 heterocycles. The van der Waals surface area contributed by atoms with E-state index in [1.807, 2.05) is 37.3 Å². The van der Waals surface area contributed by atoms with Crippen molar-refractivity contribution in [3.05, 3.63) is 41.2 Å². The third kappa shape index (κ3) is 2.79. The van der Waals surface area contributed by atoms with Crippen LogP contribution in [0.4, 0.5) is 5.82 Å². The highest BCUT2D eigenvalue weighted by atomic mass is 35.5. The molecule has 0 saturated carbocycles. The molecule has 0 bridgehead atoms.